The summed E-state index contributed by atoms with van der Waals surface area (Å²) in [5, 5.41) is 2.75. The third kappa shape index (κ3) is 3.01. The number of rotatable bonds is 3. The van der Waals surface area contributed by atoms with E-state index in [1.807, 2.05) is 31.2 Å². The van der Waals surface area contributed by atoms with Gasteiger partial charge in [-0.05, 0) is 49.6 Å². The van der Waals surface area contributed by atoms with Gasteiger partial charge in [-0.3, -0.25) is 14.5 Å². The zero-order chi connectivity index (χ0) is 21.8. The molecule has 0 unspecified atom stereocenters. The van der Waals surface area contributed by atoms with Crippen molar-refractivity contribution in [1.82, 2.24) is 10.2 Å². The SMILES string of the molecule is C[C@@H]1Cc2ccccc2N1C(=O)CN1C(=O)N[C@@](C)(c2ccc3c(c2)OCCO3)C1=O. The second kappa shape index (κ2) is 7.01. The van der Waals surface area contributed by atoms with Crippen molar-refractivity contribution in [3.63, 3.8) is 0 Å². The van der Waals surface area contributed by atoms with Gasteiger partial charge < -0.3 is 19.7 Å². The lowest BCUT2D eigenvalue weighted by atomic mass is 9.91. The highest BCUT2D eigenvalue weighted by molar-refractivity contribution is 6.11. The fourth-order valence-electron chi connectivity index (χ4n) is 4.55. The smallest absolute Gasteiger partial charge is 0.325 e. The van der Waals surface area contributed by atoms with E-state index in [0.29, 0.717) is 30.3 Å². The average molecular weight is 421 g/mol. The first-order valence-corrected chi connectivity index (χ1v) is 10.3. The highest BCUT2D eigenvalue weighted by Crippen LogP contribution is 2.37. The summed E-state index contributed by atoms with van der Waals surface area (Å²) in [5.41, 5.74) is 1.20. The zero-order valence-corrected chi connectivity index (χ0v) is 17.4. The molecule has 8 heteroatoms. The van der Waals surface area contributed by atoms with Gasteiger partial charge in [0.2, 0.25) is 5.91 Å². The lowest BCUT2D eigenvalue weighted by molar-refractivity contribution is -0.134. The molecule has 2 atom stereocenters. The molecule has 2 aromatic carbocycles. The second-order valence-electron chi connectivity index (χ2n) is 8.25. The van der Waals surface area contributed by atoms with E-state index in [0.717, 1.165) is 22.6 Å². The van der Waals surface area contributed by atoms with E-state index in [1.165, 1.54) is 0 Å². The molecule has 0 aromatic heterocycles. The van der Waals surface area contributed by atoms with Crippen LogP contribution in [0.4, 0.5) is 10.5 Å². The maximum absolute atomic E-state index is 13.3. The van der Waals surface area contributed by atoms with E-state index >= 15 is 0 Å². The van der Waals surface area contributed by atoms with Crippen LogP contribution in [0.25, 0.3) is 0 Å². The first kappa shape index (κ1) is 19.4. The number of nitrogens with zero attached hydrogens (tertiary/aromatic N) is 2. The summed E-state index contributed by atoms with van der Waals surface area (Å²) in [6, 6.07) is 12.2. The summed E-state index contributed by atoms with van der Waals surface area (Å²) in [4.78, 5) is 41.8. The molecule has 1 N–H and O–H groups in total. The Morgan fingerprint density at radius 2 is 1.87 bits per heavy atom. The van der Waals surface area contributed by atoms with Crippen LogP contribution in [-0.2, 0) is 21.5 Å². The van der Waals surface area contributed by atoms with E-state index in [2.05, 4.69) is 5.32 Å². The third-order valence-corrected chi connectivity index (χ3v) is 6.16. The molecule has 1 fully saturated rings. The average Bonchev–Trinajstić information content (AvgIpc) is 3.22. The minimum Gasteiger partial charge on any atom is -0.486 e. The van der Waals surface area contributed by atoms with Crippen molar-refractivity contribution >= 4 is 23.5 Å². The summed E-state index contributed by atoms with van der Waals surface area (Å²) in [5.74, 6) is 0.378. The number of urea groups is 1. The zero-order valence-electron chi connectivity index (χ0n) is 17.4. The topological polar surface area (TPSA) is 88.2 Å². The molecule has 160 valence electrons. The summed E-state index contributed by atoms with van der Waals surface area (Å²) >= 11 is 0. The Kier molecular flexibility index (Phi) is 4.39. The van der Waals surface area contributed by atoms with Gasteiger partial charge >= 0.3 is 6.03 Å². The Hall–Kier alpha value is -3.55. The Morgan fingerprint density at radius 3 is 2.68 bits per heavy atom. The fraction of sp³-hybridized carbons (Fsp3) is 0.348. The van der Waals surface area contributed by atoms with Crippen LogP contribution >= 0.6 is 0 Å². The minimum absolute atomic E-state index is 0.0326. The van der Waals surface area contributed by atoms with E-state index in [4.69, 9.17) is 9.47 Å². The molecule has 0 bridgehead atoms. The van der Waals surface area contributed by atoms with Crippen LogP contribution in [0.1, 0.15) is 25.0 Å². The first-order valence-electron chi connectivity index (χ1n) is 10.3. The first-order chi connectivity index (χ1) is 14.9. The molecule has 2 aromatic rings. The number of imide groups is 1. The van der Waals surface area contributed by atoms with Crippen LogP contribution in [0.2, 0.25) is 0 Å². The molecule has 0 saturated carbocycles. The Balaban J connectivity index is 1.39. The third-order valence-electron chi connectivity index (χ3n) is 6.16. The van der Waals surface area contributed by atoms with Crippen molar-refractivity contribution in [1.29, 1.82) is 0 Å². The van der Waals surface area contributed by atoms with E-state index in [-0.39, 0.29) is 18.5 Å². The summed E-state index contributed by atoms with van der Waals surface area (Å²) in [7, 11) is 0. The van der Waals surface area contributed by atoms with Crippen molar-refractivity contribution in [2.45, 2.75) is 31.8 Å². The molecule has 4 amide bonds. The lowest BCUT2D eigenvalue weighted by Gasteiger charge is -2.26. The van der Waals surface area contributed by atoms with Gasteiger partial charge in [0.1, 0.15) is 25.3 Å². The van der Waals surface area contributed by atoms with Crippen LogP contribution in [0.3, 0.4) is 0 Å². The maximum Gasteiger partial charge on any atom is 0.325 e. The number of para-hydroxylation sites is 1. The monoisotopic (exact) mass is 421 g/mol. The standard InChI is InChI=1S/C23H23N3O5/c1-14-11-15-5-3-4-6-17(15)26(14)20(27)13-25-21(28)23(2,24-22(25)29)16-7-8-18-19(12-16)31-10-9-30-18/h3-8,12,14H,9-11,13H2,1-2H3,(H,24,29)/t14-,23+/m1/s1. The number of benzene rings is 2. The van der Waals surface area contributed by atoms with Crippen LogP contribution in [0.15, 0.2) is 42.5 Å². The van der Waals surface area contributed by atoms with Gasteiger partial charge in [0.25, 0.3) is 5.91 Å². The predicted octanol–water partition coefficient (Wildman–Crippen LogP) is 2.20. The Bertz CT molecular complexity index is 1100. The maximum atomic E-state index is 13.3. The molecular formula is C23H23N3O5. The van der Waals surface area contributed by atoms with Crippen molar-refractivity contribution in [3.05, 3.63) is 53.6 Å². The van der Waals surface area contributed by atoms with E-state index < -0.39 is 17.5 Å². The quantitative estimate of drug-likeness (QED) is 0.768. The predicted molar refractivity (Wildman–Crippen MR) is 112 cm³/mol. The molecule has 0 radical (unpaired) electrons. The number of carbonyl (C=O) groups is 3. The Labute approximate surface area is 179 Å². The largest absolute Gasteiger partial charge is 0.486 e. The van der Waals surface area contributed by atoms with Crippen LogP contribution in [0, 0.1) is 0 Å². The normalized spacial score (nSPS) is 24.3. The number of ether oxygens (including phenoxy) is 2. The van der Waals surface area contributed by atoms with Crippen molar-refractivity contribution in [2.75, 3.05) is 24.7 Å². The molecule has 31 heavy (non-hydrogen) atoms. The van der Waals surface area contributed by atoms with Crippen molar-refractivity contribution in [2.24, 2.45) is 0 Å². The molecule has 5 rings (SSSR count). The number of hydrogen-bond acceptors (Lipinski definition) is 5. The van der Waals surface area contributed by atoms with Crippen molar-refractivity contribution < 1.29 is 23.9 Å². The summed E-state index contributed by atoms with van der Waals surface area (Å²) in [6.45, 7) is 4.17. The number of anilines is 1. The van der Waals surface area contributed by atoms with Gasteiger partial charge in [-0.25, -0.2) is 4.79 Å². The summed E-state index contributed by atoms with van der Waals surface area (Å²) in [6.07, 6.45) is 0.747. The molecule has 0 aliphatic carbocycles. The van der Waals surface area contributed by atoms with Gasteiger partial charge in [0.15, 0.2) is 11.5 Å². The van der Waals surface area contributed by atoms with E-state index in [9.17, 15) is 14.4 Å². The van der Waals surface area contributed by atoms with Crippen LogP contribution in [-0.4, -0.2) is 48.5 Å². The molecule has 3 heterocycles. The van der Waals surface area contributed by atoms with E-state index in [1.54, 1.807) is 30.0 Å². The number of amides is 4. The van der Waals surface area contributed by atoms with Crippen molar-refractivity contribution in [3.8, 4) is 11.5 Å². The second-order valence-corrected chi connectivity index (χ2v) is 8.25. The molecular weight excluding hydrogens is 398 g/mol. The highest BCUT2D eigenvalue weighted by Gasteiger charge is 2.50. The fourth-order valence-corrected chi connectivity index (χ4v) is 4.55. The number of fused-ring (bicyclic) bond motifs is 2. The molecule has 1 saturated heterocycles. The highest BCUT2D eigenvalue weighted by atomic mass is 16.6. The Morgan fingerprint density at radius 1 is 1.13 bits per heavy atom. The van der Waals surface area contributed by atoms with Gasteiger partial charge in [-0.15, -0.1) is 0 Å². The molecule has 0 spiro atoms. The van der Waals surface area contributed by atoms with Crippen LogP contribution < -0.4 is 19.7 Å². The lowest BCUT2D eigenvalue weighted by Crippen LogP contribution is -2.46. The van der Waals surface area contributed by atoms with Gasteiger partial charge in [-0.2, -0.15) is 0 Å². The van der Waals surface area contributed by atoms with Crippen LogP contribution in [0.5, 0.6) is 11.5 Å². The number of carbonyl (C=O) groups excluding carboxylic acids is 3. The minimum atomic E-state index is -1.29. The van der Waals surface area contributed by atoms with Gasteiger partial charge in [-0.1, -0.05) is 24.3 Å². The molecule has 8 nitrogen and oxygen atoms in total. The molecule has 3 aliphatic rings. The summed E-state index contributed by atoms with van der Waals surface area (Å²) < 4.78 is 11.1. The molecule has 3 aliphatic heterocycles. The van der Waals surface area contributed by atoms with Gasteiger partial charge in [0, 0.05) is 11.7 Å². The van der Waals surface area contributed by atoms with Gasteiger partial charge in [0.05, 0.1) is 0 Å². The number of hydrogen-bond donors (Lipinski definition) is 1. The number of nitrogens with one attached hydrogen (secondary N) is 1.